The van der Waals surface area contributed by atoms with Gasteiger partial charge in [-0.1, -0.05) is 36.4 Å². The van der Waals surface area contributed by atoms with Crippen LogP contribution in [0, 0.1) is 82.0 Å². The number of methoxy groups -OCH3 is 3. The highest BCUT2D eigenvalue weighted by Crippen LogP contribution is 2.44. The number of rotatable bonds is 19. The first kappa shape index (κ1) is 101. The standard InChI is InChI=1S/C21H23N5O4S.C19H19FN4O3S2.C19H19N5O2S.C19H20N4O2S2.C18H19N5O3S2/c1-10-11(2)24-25-20-16(10)17(22)18(31-20)19(27)23-12-8-26(9-12)21(28)14-6-5-13(29-3)7-15(14)30-4;1-9-6-12(4-5-14(9)20)29(26,27)13-7-24(8-13)19(25)17-16(21)15-10(2)11(3)22-23-18(15)28-17;1-10-11(2)22-23-18-14(10)15(20)16(27-18)17(25)21-13-8-24(9-13)19(26)12-6-4-3-5-7-12;1-10-11(2)21-22-18-15(10)16(20)17(27-18)19(24)23-8-14(9-23)26-13-6-4-12(25-3)5-7-13;1-10-11(2)21-22-18-14(10)15(19)16(27-18)17(24)20-12-8-23(9-12)28(25,26)13-6-4-3-5-7-13/h5-7,12H,8-9,22H2,1-4H3,(H,23,27);4-6,13H,7-8,21H2,1-3H3;3-7,13H,8-9,20H2,1-2H3,(H,21,25);4-7,14H,8-9,20H2,1-3H3;3-7,12H,8-9,19H2,1-2H3,(H,20,24). The fraction of sp³-hybridized carbons (Fsp3) is 0.302. The number of aryl methyl sites for hydroxylation is 11. The second kappa shape index (κ2) is 41.4. The molecule has 0 saturated carbocycles. The zero-order chi connectivity index (χ0) is 102. The number of hydrogen-bond donors (Lipinski definition) is 8. The Labute approximate surface area is 839 Å². The van der Waals surface area contributed by atoms with Gasteiger partial charge in [-0.05, 0) is 188 Å². The van der Waals surface area contributed by atoms with E-state index in [0.717, 1.165) is 111 Å². The Hall–Kier alpha value is -13.9. The fourth-order valence-electron chi connectivity index (χ4n) is 16.2. The van der Waals surface area contributed by atoms with Crippen LogP contribution in [0.3, 0.4) is 0 Å². The third-order valence-electron chi connectivity index (χ3n) is 25.4. The van der Waals surface area contributed by atoms with Crippen molar-refractivity contribution in [2.24, 2.45) is 0 Å². The summed E-state index contributed by atoms with van der Waals surface area (Å²) in [7, 11) is -2.46. The summed E-state index contributed by atoms with van der Waals surface area (Å²) in [4.78, 5) is 103. The molecule has 0 atom stereocenters. The maximum absolute atomic E-state index is 13.5. The number of likely N-dealkylation sites (tertiary alicyclic amines) is 4. The van der Waals surface area contributed by atoms with Crippen molar-refractivity contribution in [3.05, 3.63) is 225 Å². The van der Waals surface area contributed by atoms with E-state index >= 15 is 0 Å². The number of carbonyl (C=O) groups excluding carboxylic acids is 7. The normalized spacial score (nSPS) is 14.6. The molecule has 0 aliphatic carbocycles. The number of nitrogens with one attached hydrogen (secondary N) is 3. The number of aromatic nitrogens is 10. The van der Waals surface area contributed by atoms with E-state index < -0.39 is 30.9 Å². The van der Waals surface area contributed by atoms with Gasteiger partial charge in [0.15, 0.2) is 9.84 Å². The predicted molar refractivity (Wildman–Crippen MR) is 550 cm³/mol. The molecule has 142 heavy (non-hydrogen) atoms. The smallest absolute Gasteiger partial charge is 0.266 e. The van der Waals surface area contributed by atoms with Crippen LogP contribution < -0.4 is 58.8 Å². The number of carbonyl (C=O) groups is 7. The number of nitrogens with zero attached hydrogens (tertiary/aromatic N) is 15. The minimum Gasteiger partial charge on any atom is -0.497 e. The van der Waals surface area contributed by atoms with Gasteiger partial charge < -0.3 is 78.4 Å². The average Bonchev–Trinajstić information content (AvgIpc) is 1.38. The molecule has 5 saturated heterocycles. The lowest BCUT2D eigenvalue weighted by atomic mass is 10.1. The number of nitrogens with two attached hydrogens (primary N) is 5. The molecule has 13 N–H and O–H groups in total. The first-order valence-electron chi connectivity index (χ1n) is 44.5. The number of thiophene rings is 5. The van der Waals surface area contributed by atoms with Gasteiger partial charge in [0.2, 0.25) is 10.0 Å². The molecule has 20 rings (SSSR count). The third kappa shape index (κ3) is 20.1. The molecule has 0 unspecified atom stereocenters. The number of thioether (sulfide) groups is 1. The minimum atomic E-state index is -3.65. The number of ether oxygens (including phenoxy) is 3. The molecule has 37 nitrogen and oxygen atoms in total. The Morgan fingerprint density at radius 3 is 1.12 bits per heavy atom. The van der Waals surface area contributed by atoms with Crippen molar-refractivity contribution in [2.45, 2.75) is 119 Å². The third-order valence-corrected chi connectivity index (χ3v) is 36.0. The van der Waals surface area contributed by atoms with Gasteiger partial charge in [-0.25, -0.2) is 21.2 Å². The Morgan fingerprint density at radius 1 is 0.380 bits per heavy atom. The van der Waals surface area contributed by atoms with Crippen LogP contribution in [0.4, 0.5) is 32.8 Å². The zero-order valence-corrected chi connectivity index (χ0v) is 86.0. The van der Waals surface area contributed by atoms with Gasteiger partial charge in [0, 0.05) is 114 Å². The van der Waals surface area contributed by atoms with Crippen LogP contribution in [0.1, 0.15) is 131 Å². The molecule has 5 fully saturated rings. The highest BCUT2D eigenvalue weighted by atomic mass is 32.2. The summed E-state index contributed by atoms with van der Waals surface area (Å²) < 4.78 is 81.1. The van der Waals surface area contributed by atoms with E-state index in [4.69, 9.17) is 42.9 Å². The summed E-state index contributed by atoms with van der Waals surface area (Å²) in [6.07, 6.45) is 0. The molecule has 46 heteroatoms. The van der Waals surface area contributed by atoms with E-state index in [9.17, 15) is 54.8 Å². The Morgan fingerprint density at radius 2 is 0.732 bits per heavy atom. The summed E-state index contributed by atoms with van der Waals surface area (Å²) in [6.45, 7) is 24.2. The van der Waals surface area contributed by atoms with Crippen LogP contribution >= 0.6 is 68.4 Å². The van der Waals surface area contributed by atoms with Crippen molar-refractivity contribution in [3.8, 4) is 17.2 Å². The van der Waals surface area contributed by atoms with Crippen LogP contribution in [-0.2, 0) is 19.9 Å². The van der Waals surface area contributed by atoms with E-state index in [1.165, 1.54) is 85.6 Å². The molecule has 5 aliphatic rings. The number of fused-ring (bicyclic) bond motifs is 5. The number of nitrogen functional groups attached to an aromatic ring is 5. The first-order chi connectivity index (χ1) is 67.7. The Balaban J connectivity index is 0.000000128. The van der Waals surface area contributed by atoms with Gasteiger partial charge in [-0.3, -0.25) is 33.6 Å². The van der Waals surface area contributed by atoms with Gasteiger partial charge >= 0.3 is 0 Å². The van der Waals surface area contributed by atoms with Crippen molar-refractivity contribution in [2.75, 3.05) is 115 Å². The number of sulfonamides is 1. The minimum absolute atomic E-state index is 0.0147. The number of benzene rings is 5. The summed E-state index contributed by atoms with van der Waals surface area (Å²) in [5, 5.41) is 53.5. The van der Waals surface area contributed by atoms with Gasteiger partial charge in [0.05, 0.1) is 112 Å². The van der Waals surface area contributed by atoms with Crippen LogP contribution in [0.25, 0.3) is 51.1 Å². The van der Waals surface area contributed by atoms with Gasteiger partial charge in [-0.2, -0.15) is 29.8 Å². The lowest BCUT2D eigenvalue weighted by Gasteiger charge is -2.39. The molecule has 5 aliphatic heterocycles. The van der Waals surface area contributed by atoms with Crippen molar-refractivity contribution >= 4 is 209 Å². The van der Waals surface area contributed by atoms with Crippen molar-refractivity contribution in [1.82, 2.24) is 90.8 Å². The van der Waals surface area contributed by atoms with E-state index in [0.29, 0.717) is 139 Å². The molecule has 738 valence electrons. The highest BCUT2D eigenvalue weighted by molar-refractivity contribution is 8.00. The molecule has 0 spiro atoms. The number of amides is 7. The summed E-state index contributed by atoms with van der Waals surface area (Å²) >= 11 is 7.93. The molecule has 5 aromatic carbocycles. The van der Waals surface area contributed by atoms with E-state index in [1.54, 1.807) is 96.4 Å². The average molecular weight is 2080 g/mol. The Kier molecular flexibility index (Phi) is 29.4. The Bertz CT molecular complexity index is 7770. The summed E-state index contributed by atoms with van der Waals surface area (Å²) in [6, 6.07) is 33.7. The number of halogens is 1. The van der Waals surface area contributed by atoms with Crippen LogP contribution in [0.15, 0.2) is 136 Å². The largest absolute Gasteiger partial charge is 0.497 e. The quantitative estimate of drug-likeness (QED) is 0.0349. The lowest BCUT2D eigenvalue weighted by Crippen LogP contribution is -2.60. The molecule has 0 radical (unpaired) electrons. The summed E-state index contributed by atoms with van der Waals surface area (Å²) in [5.74, 6) is 0.113. The molecular formula is C96H100FN23O14S8. The van der Waals surface area contributed by atoms with Crippen molar-refractivity contribution in [1.29, 1.82) is 0 Å². The van der Waals surface area contributed by atoms with E-state index in [1.807, 2.05) is 117 Å². The second-order valence-electron chi connectivity index (χ2n) is 34.6. The van der Waals surface area contributed by atoms with Crippen LogP contribution in [-0.4, -0.2) is 248 Å². The molecule has 15 heterocycles. The number of sulfone groups is 1. The molecule has 10 aromatic heterocycles. The summed E-state index contributed by atoms with van der Waals surface area (Å²) in [5.41, 5.74) is 43.2. The highest BCUT2D eigenvalue weighted by Gasteiger charge is 2.44. The monoisotopic (exact) mass is 2070 g/mol. The topological polar surface area (TPSA) is 527 Å². The maximum atomic E-state index is 13.5. The van der Waals surface area contributed by atoms with Crippen LogP contribution in [0.5, 0.6) is 17.2 Å². The molecular weight excluding hydrogens is 1970 g/mol. The van der Waals surface area contributed by atoms with Crippen LogP contribution in [0.2, 0.25) is 0 Å². The second-order valence-corrected chi connectivity index (χ2v) is 45.1. The lowest BCUT2D eigenvalue weighted by molar-refractivity contribution is 0.0539. The van der Waals surface area contributed by atoms with Crippen molar-refractivity contribution in [3.63, 3.8) is 0 Å². The number of anilines is 5. The van der Waals surface area contributed by atoms with Crippen molar-refractivity contribution < 1.29 is 69.0 Å². The maximum Gasteiger partial charge on any atom is 0.266 e. The van der Waals surface area contributed by atoms with Gasteiger partial charge in [0.25, 0.3) is 41.4 Å². The first-order valence-corrected chi connectivity index (χ1v) is 52.4. The number of hydrogen-bond acceptors (Lipinski definition) is 35. The van der Waals surface area contributed by atoms with Gasteiger partial charge in [-0.15, -0.1) is 93.9 Å². The molecule has 7 amide bonds. The predicted octanol–water partition coefficient (Wildman–Crippen LogP) is 12.2. The molecule has 0 bridgehead atoms. The molecule has 15 aromatic rings. The van der Waals surface area contributed by atoms with E-state index in [2.05, 4.69) is 66.9 Å². The SMILES string of the molecule is COc1ccc(C(=O)N2CC(NC(=O)c3sc4nnc(C)c(C)c4c3N)C2)c(OC)c1.COc1ccc(SC2CN(C(=O)c3sc4nnc(C)c(C)c4c3N)C2)cc1.Cc1cc(S(=O)(=O)C2CN(C(=O)c3sc4nnc(C)c(C)c4c3N)C2)ccc1F.Cc1nnc2sc(C(=O)NC3CN(C(=O)c4ccccc4)C3)c(N)c2c1C.Cc1nnc2sc(C(=O)NC3CN(S(=O)(=O)c4ccccc4)C3)c(N)c2c1C. The fourth-order valence-corrected chi connectivity index (χ4v) is 25.8. The zero-order valence-electron chi connectivity index (χ0n) is 79.5. The van der Waals surface area contributed by atoms with Gasteiger partial charge in [0.1, 0.15) is 76.9 Å². The van der Waals surface area contributed by atoms with E-state index in [-0.39, 0.29) is 101 Å².